The Hall–Kier alpha value is -3.68. The third kappa shape index (κ3) is 3.89. The van der Waals surface area contributed by atoms with E-state index in [1.54, 1.807) is 13.3 Å². The molecular weight excluding hydrogens is 395 g/mol. The van der Waals surface area contributed by atoms with Crippen LogP contribution in [0.2, 0.25) is 0 Å². The highest BCUT2D eigenvalue weighted by molar-refractivity contribution is 5.96. The quantitative estimate of drug-likeness (QED) is 0.443. The van der Waals surface area contributed by atoms with Crippen molar-refractivity contribution < 1.29 is 22.6 Å². The number of pyridine rings is 1. The first kappa shape index (κ1) is 19.6. The molecule has 0 radical (unpaired) electrons. The van der Waals surface area contributed by atoms with Crippen molar-refractivity contribution in [1.29, 1.82) is 0 Å². The fourth-order valence-electron chi connectivity index (χ4n) is 3.35. The largest absolute Gasteiger partial charge is 0.573 e. The van der Waals surface area contributed by atoms with Gasteiger partial charge < -0.3 is 19.4 Å². The first-order chi connectivity index (χ1) is 14.4. The molecule has 30 heavy (non-hydrogen) atoms. The van der Waals surface area contributed by atoms with Gasteiger partial charge in [-0.2, -0.15) is 0 Å². The number of aryl methyl sites for hydroxylation is 1. The van der Waals surface area contributed by atoms with Crippen LogP contribution in [0.25, 0.3) is 22.2 Å². The highest BCUT2D eigenvalue weighted by atomic mass is 19.4. The topological polar surface area (TPSA) is 48.3 Å². The first-order valence-corrected chi connectivity index (χ1v) is 9.06. The predicted molar refractivity (Wildman–Crippen MR) is 109 cm³/mol. The normalized spacial score (nSPS) is 11.5. The summed E-state index contributed by atoms with van der Waals surface area (Å²) in [6.45, 7) is 0. The van der Waals surface area contributed by atoms with E-state index in [0.717, 1.165) is 27.9 Å². The van der Waals surface area contributed by atoms with Crippen molar-refractivity contribution in [2.75, 3.05) is 12.4 Å². The molecule has 0 atom stereocenters. The number of nitrogens with one attached hydrogen (secondary N) is 1. The van der Waals surface area contributed by atoms with Gasteiger partial charge in [0, 0.05) is 29.9 Å². The molecule has 2 aromatic carbocycles. The van der Waals surface area contributed by atoms with Gasteiger partial charge >= 0.3 is 6.36 Å². The minimum atomic E-state index is -4.72. The number of rotatable bonds is 5. The number of ether oxygens (including phenoxy) is 2. The molecule has 4 aromatic rings. The second-order valence-electron chi connectivity index (χ2n) is 6.58. The van der Waals surface area contributed by atoms with Crippen LogP contribution >= 0.6 is 0 Å². The molecule has 8 heteroatoms. The zero-order chi connectivity index (χ0) is 21.3. The van der Waals surface area contributed by atoms with Gasteiger partial charge in [-0.15, -0.1) is 13.2 Å². The molecule has 154 valence electrons. The predicted octanol–water partition coefficient (Wildman–Crippen LogP) is 5.89. The Bertz CT molecular complexity index is 1180. The number of halogens is 3. The lowest BCUT2D eigenvalue weighted by Crippen LogP contribution is -2.16. The van der Waals surface area contributed by atoms with Crippen LogP contribution in [0.1, 0.15) is 0 Å². The number of fused-ring (bicyclic) bond motifs is 1. The second kappa shape index (κ2) is 7.62. The standard InChI is InChI=1S/C22H18F3N3O2/c1-28-18-11-12-26-21(27-14-7-9-15(10-8-14)30-22(23,24)25)17(18)13-19(28)16-5-3-4-6-20(16)29-2/h3-13H,1-2H3,(H,26,27). The number of hydrogen-bond donors (Lipinski definition) is 1. The molecule has 5 nitrogen and oxygen atoms in total. The van der Waals surface area contributed by atoms with Crippen molar-refractivity contribution in [1.82, 2.24) is 9.55 Å². The van der Waals surface area contributed by atoms with Gasteiger partial charge in [0.2, 0.25) is 0 Å². The van der Waals surface area contributed by atoms with E-state index >= 15 is 0 Å². The van der Waals surface area contributed by atoms with Crippen LogP contribution in [-0.2, 0) is 7.05 Å². The Labute approximate surface area is 170 Å². The number of hydrogen-bond acceptors (Lipinski definition) is 4. The van der Waals surface area contributed by atoms with Crippen LogP contribution in [0.3, 0.4) is 0 Å². The van der Waals surface area contributed by atoms with E-state index in [-0.39, 0.29) is 5.75 Å². The van der Waals surface area contributed by atoms with E-state index in [4.69, 9.17) is 4.74 Å². The van der Waals surface area contributed by atoms with E-state index in [0.29, 0.717) is 11.5 Å². The van der Waals surface area contributed by atoms with Gasteiger partial charge in [-0.25, -0.2) is 4.98 Å². The van der Waals surface area contributed by atoms with E-state index < -0.39 is 6.36 Å². The lowest BCUT2D eigenvalue weighted by atomic mass is 10.1. The Morgan fingerprint density at radius 3 is 2.43 bits per heavy atom. The molecule has 0 spiro atoms. The van der Waals surface area contributed by atoms with Crippen LogP contribution in [0, 0.1) is 0 Å². The summed E-state index contributed by atoms with van der Waals surface area (Å²) in [6, 6.07) is 17.1. The van der Waals surface area contributed by atoms with Crippen molar-refractivity contribution in [3.05, 3.63) is 66.9 Å². The molecule has 2 aromatic heterocycles. The molecule has 0 aliphatic carbocycles. The van der Waals surface area contributed by atoms with Gasteiger partial charge in [0.1, 0.15) is 17.3 Å². The number of anilines is 2. The van der Waals surface area contributed by atoms with E-state index in [2.05, 4.69) is 15.0 Å². The zero-order valence-corrected chi connectivity index (χ0v) is 16.2. The summed E-state index contributed by atoms with van der Waals surface area (Å²) in [6.07, 6.45) is -3.04. The smallest absolute Gasteiger partial charge is 0.496 e. The summed E-state index contributed by atoms with van der Waals surface area (Å²) >= 11 is 0. The molecule has 0 saturated heterocycles. The summed E-state index contributed by atoms with van der Waals surface area (Å²) in [5.74, 6) is 1.07. The monoisotopic (exact) mass is 413 g/mol. The SMILES string of the molecule is COc1ccccc1-c1cc2c(Nc3ccc(OC(F)(F)F)cc3)nccc2n1C. The van der Waals surface area contributed by atoms with Gasteiger partial charge in [-0.1, -0.05) is 12.1 Å². The summed E-state index contributed by atoms with van der Waals surface area (Å²) in [5, 5.41) is 4.04. The molecule has 0 saturated carbocycles. The molecule has 0 aliphatic heterocycles. The summed E-state index contributed by atoms with van der Waals surface area (Å²) in [7, 11) is 3.58. The van der Waals surface area contributed by atoms with Gasteiger partial charge in [0.15, 0.2) is 0 Å². The Morgan fingerprint density at radius 1 is 1.00 bits per heavy atom. The summed E-state index contributed by atoms with van der Waals surface area (Å²) < 4.78 is 48.5. The van der Waals surface area contributed by atoms with E-state index in [1.165, 1.54) is 24.3 Å². The number of benzene rings is 2. The zero-order valence-electron chi connectivity index (χ0n) is 16.2. The second-order valence-corrected chi connectivity index (χ2v) is 6.58. The van der Waals surface area contributed by atoms with Crippen molar-refractivity contribution in [2.45, 2.75) is 6.36 Å². The maximum Gasteiger partial charge on any atom is 0.573 e. The Morgan fingerprint density at radius 2 is 1.73 bits per heavy atom. The number of nitrogens with zero attached hydrogens (tertiary/aromatic N) is 2. The van der Waals surface area contributed by atoms with Crippen LogP contribution in [0.15, 0.2) is 66.9 Å². The number of aromatic nitrogens is 2. The lowest BCUT2D eigenvalue weighted by Gasteiger charge is -2.10. The number of methoxy groups -OCH3 is 1. The lowest BCUT2D eigenvalue weighted by molar-refractivity contribution is -0.274. The fraction of sp³-hybridized carbons (Fsp3) is 0.136. The Balaban J connectivity index is 1.69. The average molecular weight is 413 g/mol. The average Bonchev–Trinajstić information content (AvgIpc) is 3.06. The van der Waals surface area contributed by atoms with E-state index in [1.807, 2.05) is 48.0 Å². The van der Waals surface area contributed by atoms with Gasteiger partial charge in [0.25, 0.3) is 0 Å². The molecule has 1 N–H and O–H groups in total. The van der Waals surface area contributed by atoms with Crippen LogP contribution in [0.4, 0.5) is 24.7 Å². The Kier molecular flexibility index (Phi) is 4.99. The minimum Gasteiger partial charge on any atom is -0.496 e. The van der Waals surface area contributed by atoms with Gasteiger partial charge in [0.05, 0.1) is 18.3 Å². The van der Waals surface area contributed by atoms with Crippen molar-refractivity contribution in [3.8, 4) is 22.8 Å². The van der Waals surface area contributed by atoms with Gasteiger partial charge in [-0.05, 0) is 48.5 Å². The summed E-state index contributed by atoms with van der Waals surface area (Å²) in [5.41, 5.74) is 3.43. The number of alkyl halides is 3. The first-order valence-electron chi connectivity index (χ1n) is 9.06. The third-order valence-corrected chi connectivity index (χ3v) is 4.70. The maximum absolute atomic E-state index is 12.3. The molecule has 0 fully saturated rings. The molecule has 0 aliphatic rings. The van der Waals surface area contributed by atoms with Crippen molar-refractivity contribution >= 4 is 22.4 Å². The van der Waals surface area contributed by atoms with Crippen LogP contribution < -0.4 is 14.8 Å². The van der Waals surface area contributed by atoms with Crippen LogP contribution in [0.5, 0.6) is 11.5 Å². The van der Waals surface area contributed by atoms with Crippen molar-refractivity contribution in [2.24, 2.45) is 7.05 Å². The van der Waals surface area contributed by atoms with Crippen molar-refractivity contribution in [3.63, 3.8) is 0 Å². The molecule has 0 amide bonds. The molecule has 2 heterocycles. The van der Waals surface area contributed by atoms with Crippen LogP contribution in [-0.4, -0.2) is 23.0 Å². The van der Waals surface area contributed by atoms with E-state index in [9.17, 15) is 13.2 Å². The minimum absolute atomic E-state index is 0.280. The fourth-order valence-corrected chi connectivity index (χ4v) is 3.35. The third-order valence-electron chi connectivity index (χ3n) is 4.70. The maximum atomic E-state index is 12.3. The van der Waals surface area contributed by atoms with Gasteiger partial charge in [-0.3, -0.25) is 0 Å². The number of para-hydroxylation sites is 1. The molecule has 4 rings (SSSR count). The highest BCUT2D eigenvalue weighted by Gasteiger charge is 2.31. The molecule has 0 unspecified atom stereocenters. The molecular formula is C22H18F3N3O2. The highest BCUT2D eigenvalue weighted by Crippen LogP contribution is 2.36. The summed E-state index contributed by atoms with van der Waals surface area (Å²) in [4.78, 5) is 4.41. The molecule has 0 bridgehead atoms.